The molecule has 0 spiro atoms. The summed E-state index contributed by atoms with van der Waals surface area (Å²) in [5.74, 6) is 0.135. The summed E-state index contributed by atoms with van der Waals surface area (Å²) in [6.45, 7) is -0.269. The van der Waals surface area contributed by atoms with Crippen LogP contribution in [-0.4, -0.2) is 27.6 Å². The third-order valence-corrected chi connectivity index (χ3v) is 3.09. The Hall–Kier alpha value is 0.0700. The van der Waals surface area contributed by atoms with Gasteiger partial charge in [0.2, 0.25) is 0 Å². The molecule has 6 heteroatoms. The second kappa shape index (κ2) is 5.24. The quantitative estimate of drug-likeness (QED) is 0.621. The molecule has 3 N–H and O–H groups in total. The van der Waals surface area contributed by atoms with Crippen molar-refractivity contribution < 1.29 is 24.0 Å². The lowest BCUT2D eigenvalue weighted by Gasteiger charge is -2.26. The zero-order valence-electron chi connectivity index (χ0n) is 8.00. The summed E-state index contributed by atoms with van der Waals surface area (Å²) in [7, 11) is -4.43. The standard InChI is InChI=1S/C8H17O5P/c9-8(6-13-14(10,11)12)7-4-2-1-3-5-7/h7-9H,1-6H2,(H2,10,11,12). The van der Waals surface area contributed by atoms with Crippen molar-refractivity contribution in [3.63, 3.8) is 0 Å². The topological polar surface area (TPSA) is 87.0 Å². The minimum absolute atomic E-state index is 0.135. The first kappa shape index (κ1) is 12.1. The van der Waals surface area contributed by atoms with Crippen LogP contribution in [0.5, 0.6) is 0 Å². The van der Waals surface area contributed by atoms with Crippen molar-refractivity contribution in [3.8, 4) is 0 Å². The number of aliphatic hydroxyl groups is 1. The van der Waals surface area contributed by atoms with Crippen molar-refractivity contribution >= 4 is 7.82 Å². The molecule has 0 amide bonds. The average Bonchev–Trinajstić information content (AvgIpc) is 2.14. The van der Waals surface area contributed by atoms with E-state index in [2.05, 4.69) is 4.52 Å². The molecule has 5 nitrogen and oxygen atoms in total. The van der Waals surface area contributed by atoms with Gasteiger partial charge in [0.1, 0.15) is 0 Å². The van der Waals surface area contributed by atoms with E-state index in [0.717, 1.165) is 25.7 Å². The van der Waals surface area contributed by atoms with Gasteiger partial charge < -0.3 is 14.9 Å². The van der Waals surface area contributed by atoms with Crippen molar-refractivity contribution in [1.29, 1.82) is 0 Å². The largest absolute Gasteiger partial charge is 0.469 e. The minimum Gasteiger partial charge on any atom is -0.390 e. The molecule has 1 saturated carbocycles. The predicted molar refractivity (Wildman–Crippen MR) is 50.6 cm³/mol. The molecule has 1 aliphatic carbocycles. The Bertz CT molecular complexity index is 208. The minimum atomic E-state index is -4.43. The van der Waals surface area contributed by atoms with Gasteiger partial charge in [-0.1, -0.05) is 19.3 Å². The number of phosphoric acid groups is 1. The summed E-state index contributed by atoms with van der Waals surface area (Å²) < 4.78 is 14.6. The van der Waals surface area contributed by atoms with Gasteiger partial charge in [-0.15, -0.1) is 0 Å². The monoisotopic (exact) mass is 224 g/mol. The van der Waals surface area contributed by atoms with E-state index >= 15 is 0 Å². The van der Waals surface area contributed by atoms with Gasteiger partial charge in [0.15, 0.2) is 0 Å². The van der Waals surface area contributed by atoms with Crippen LogP contribution in [0.2, 0.25) is 0 Å². The van der Waals surface area contributed by atoms with E-state index in [4.69, 9.17) is 9.79 Å². The molecule has 1 aliphatic rings. The lowest BCUT2D eigenvalue weighted by Crippen LogP contribution is -2.27. The normalized spacial score (nSPS) is 22.2. The van der Waals surface area contributed by atoms with E-state index < -0.39 is 13.9 Å². The van der Waals surface area contributed by atoms with Gasteiger partial charge >= 0.3 is 7.82 Å². The second-order valence-electron chi connectivity index (χ2n) is 3.75. The molecule has 0 heterocycles. The van der Waals surface area contributed by atoms with Crippen LogP contribution in [0.3, 0.4) is 0 Å². The van der Waals surface area contributed by atoms with Crippen LogP contribution in [0, 0.1) is 5.92 Å². The van der Waals surface area contributed by atoms with Gasteiger partial charge in [0, 0.05) is 0 Å². The summed E-state index contributed by atoms with van der Waals surface area (Å²) in [5, 5.41) is 9.57. The highest BCUT2D eigenvalue weighted by Crippen LogP contribution is 2.37. The first-order chi connectivity index (χ1) is 6.49. The molecular formula is C8H17O5P. The highest BCUT2D eigenvalue weighted by Gasteiger charge is 2.24. The first-order valence-corrected chi connectivity index (χ1v) is 6.40. The van der Waals surface area contributed by atoms with Gasteiger partial charge in [0.25, 0.3) is 0 Å². The molecule has 0 saturated heterocycles. The van der Waals surface area contributed by atoms with Crippen molar-refractivity contribution in [2.24, 2.45) is 5.92 Å². The Morgan fingerprint density at radius 3 is 2.36 bits per heavy atom. The van der Waals surface area contributed by atoms with E-state index in [-0.39, 0.29) is 12.5 Å². The molecule has 1 fully saturated rings. The highest BCUT2D eigenvalue weighted by molar-refractivity contribution is 7.46. The summed E-state index contributed by atoms with van der Waals surface area (Å²) in [6, 6.07) is 0. The molecule has 0 bridgehead atoms. The second-order valence-corrected chi connectivity index (χ2v) is 4.99. The van der Waals surface area contributed by atoms with Crippen LogP contribution < -0.4 is 0 Å². The summed E-state index contributed by atoms with van der Waals surface area (Å²) in [5.41, 5.74) is 0. The fourth-order valence-electron chi connectivity index (χ4n) is 1.83. The van der Waals surface area contributed by atoms with Gasteiger partial charge in [-0.25, -0.2) is 4.57 Å². The SMILES string of the molecule is O=P(O)(O)OCC(O)C1CCCCC1. The van der Waals surface area contributed by atoms with E-state index in [1.165, 1.54) is 6.42 Å². The maximum Gasteiger partial charge on any atom is 0.469 e. The fourth-order valence-corrected chi connectivity index (χ4v) is 2.18. The van der Waals surface area contributed by atoms with Crippen LogP contribution in [0.4, 0.5) is 0 Å². The summed E-state index contributed by atoms with van der Waals surface area (Å²) in [6.07, 6.45) is 4.44. The zero-order valence-corrected chi connectivity index (χ0v) is 8.90. The van der Waals surface area contributed by atoms with E-state index in [0.29, 0.717) is 0 Å². The van der Waals surface area contributed by atoms with Gasteiger partial charge in [-0.3, -0.25) is 4.52 Å². The molecular weight excluding hydrogens is 207 g/mol. The Balaban J connectivity index is 2.26. The van der Waals surface area contributed by atoms with Crippen LogP contribution >= 0.6 is 7.82 Å². The molecule has 0 aromatic rings. The molecule has 1 rings (SSSR count). The smallest absolute Gasteiger partial charge is 0.390 e. The highest BCUT2D eigenvalue weighted by atomic mass is 31.2. The number of rotatable bonds is 4. The Morgan fingerprint density at radius 1 is 1.29 bits per heavy atom. The number of hydrogen-bond acceptors (Lipinski definition) is 3. The number of hydrogen-bond donors (Lipinski definition) is 3. The van der Waals surface area contributed by atoms with Gasteiger partial charge in [-0.2, -0.15) is 0 Å². The molecule has 1 unspecified atom stereocenters. The van der Waals surface area contributed by atoms with Crippen LogP contribution in [0.25, 0.3) is 0 Å². The van der Waals surface area contributed by atoms with Gasteiger partial charge in [0.05, 0.1) is 12.7 Å². The van der Waals surface area contributed by atoms with E-state index in [1.54, 1.807) is 0 Å². The maximum atomic E-state index is 10.4. The molecule has 1 atom stereocenters. The molecule has 14 heavy (non-hydrogen) atoms. The third-order valence-electron chi connectivity index (χ3n) is 2.61. The van der Waals surface area contributed by atoms with Crippen molar-refractivity contribution in [3.05, 3.63) is 0 Å². The zero-order chi connectivity index (χ0) is 10.6. The van der Waals surface area contributed by atoms with Gasteiger partial charge in [-0.05, 0) is 18.8 Å². The summed E-state index contributed by atoms with van der Waals surface area (Å²) >= 11 is 0. The third kappa shape index (κ3) is 4.53. The number of phosphoric ester groups is 1. The Kier molecular flexibility index (Phi) is 4.54. The lowest BCUT2D eigenvalue weighted by atomic mass is 9.85. The molecule has 84 valence electrons. The fraction of sp³-hybridized carbons (Fsp3) is 1.00. The van der Waals surface area contributed by atoms with Crippen LogP contribution in [-0.2, 0) is 9.09 Å². The Labute approximate surface area is 83.3 Å². The van der Waals surface area contributed by atoms with Crippen molar-refractivity contribution in [2.45, 2.75) is 38.2 Å². The Morgan fingerprint density at radius 2 is 1.86 bits per heavy atom. The molecule has 0 aromatic carbocycles. The molecule has 0 aromatic heterocycles. The van der Waals surface area contributed by atoms with Crippen molar-refractivity contribution in [1.82, 2.24) is 0 Å². The lowest BCUT2D eigenvalue weighted by molar-refractivity contribution is 0.0301. The van der Waals surface area contributed by atoms with E-state index in [1.807, 2.05) is 0 Å². The number of aliphatic hydroxyl groups excluding tert-OH is 1. The average molecular weight is 224 g/mol. The predicted octanol–water partition coefficient (Wildman–Crippen LogP) is 1.04. The molecule has 0 aliphatic heterocycles. The van der Waals surface area contributed by atoms with E-state index in [9.17, 15) is 9.67 Å². The summed E-state index contributed by atoms with van der Waals surface area (Å²) in [4.78, 5) is 16.9. The van der Waals surface area contributed by atoms with Crippen LogP contribution in [0.1, 0.15) is 32.1 Å². The van der Waals surface area contributed by atoms with Crippen LogP contribution in [0.15, 0.2) is 0 Å². The first-order valence-electron chi connectivity index (χ1n) is 4.87. The maximum absolute atomic E-state index is 10.4. The molecule has 0 radical (unpaired) electrons. The van der Waals surface area contributed by atoms with Crippen molar-refractivity contribution in [2.75, 3.05) is 6.61 Å².